The summed E-state index contributed by atoms with van der Waals surface area (Å²) in [6.07, 6.45) is 1.62. The summed E-state index contributed by atoms with van der Waals surface area (Å²) >= 11 is 6.38. The Balaban J connectivity index is 2.08. The fourth-order valence-electron chi connectivity index (χ4n) is 4.28. The molecular formula is C30H35ClN4O7S. The van der Waals surface area contributed by atoms with Gasteiger partial charge in [0.15, 0.2) is 0 Å². The van der Waals surface area contributed by atoms with E-state index in [0.29, 0.717) is 22.9 Å². The van der Waals surface area contributed by atoms with Crippen LogP contribution >= 0.6 is 11.6 Å². The Hall–Kier alpha value is -4.16. The first-order valence-electron chi connectivity index (χ1n) is 13.6. The summed E-state index contributed by atoms with van der Waals surface area (Å²) in [5, 5.41) is 14.8. The molecule has 0 fully saturated rings. The number of nitro groups is 1. The summed E-state index contributed by atoms with van der Waals surface area (Å²) in [6, 6.07) is 15.4. The highest BCUT2D eigenvalue weighted by atomic mass is 35.5. The Labute approximate surface area is 256 Å². The van der Waals surface area contributed by atoms with Gasteiger partial charge in [-0.05, 0) is 62.2 Å². The van der Waals surface area contributed by atoms with Crippen molar-refractivity contribution in [2.45, 2.75) is 51.1 Å². The lowest BCUT2D eigenvalue weighted by Gasteiger charge is -2.32. The van der Waals surface area contributed by atoms with Crippen molar-refractivity contribution >= 4 is 44.8 Å². The Morgan fingerprint density at radius 1 is 1.09 bits per heavy atom. The van der Waals surface area contributed by atoms with Gasteiger partial charge in [0.25, 0.3) is 15.7 Å². The zero-order valence-electron chi connectivity index (χ0n) is 24.4. The number of ether oxygens (including phenoxy) is 1. The number of halogens is 1. The number of carbonyl (C=O) groups excluding carboxylic acids is 2. The summed E-state index contributed by atoms with van der Waals surface area (Å²) in [5.41, 5.74) is 0.596. The van der Waals surface area contributed by atoms with Gasteiger partial charge in [-0.25, -0.2) is 8.42 Å². The average molecular weight is 631 g/mol. The fourth-order valence-corrected chi connectivity index (χ4v) is 5.91. The van der Waals surface area contributed by atoms with Crippen molar-refractivity contribution in [2.24, 2.45) is 0 Å². The summed E-state index contributed by atoms with van der Waals surface area (Å²) in [5.74, 6) is -0.628. The minimum atomic E-state index is -4.51. The van der Waals surface area contributed by atoms with Crippen molar-refractivity contribution in [3.8, 4) is 5.75 Å². The molecule has 0 saturated carbocycles. The van der Waals surface area contributed by atoms with Crippen molar-refractivity contribution < 1.29 is 27.7 Å². The smallest absolute Gasteiger partial charge is 0.273 e. The molecule has 0 aromatic heterocycles. The summed E-state index contributed by atoms with van der Waals surface area (Å²) in [4.78, 5) is 38.9. The van der Waals surface area contributed by atoms with E-state index in [4.69, 9.17) is 16.3 Å². The number of nitrogens with zero attached hydrogens (tertiary/aromatic N) is 3. The molecular weight excluding hydrogens is 596 g/mol. The third kappa shape index (κ3) is 8.23. The Morgan fingerprint density at radius 2 is 1.77 bits per heavy atom. The van der Waals surface area contributed by atoms with Gasteiger partial charge in [0.1, 0.15) is 18.3 Å². The second-order valence-corrected chi connectivity index (χ2v) is 12.1. The molecule has 0 saturated heterocycles. The van der Waals surface area contributed by atoms with Crippen LogP contribution in [0.1, 0.15) is 37.8 Å². The van der Waals surface area contributed by atoms with Crippen molar-refractivity contribution in [2.75, 3.05) is 24.5 Å². The Morgan fingerprint density at radius 3 is 2.37 bits per heavy atom. The van der Waals surface area contributed by atoms with E-state index in [9.17, 15) is 28.1 Å². The maximum absolute atomic E-state index is 14.0. The number of rotatable bonds is 14. The van der Waals surface area contributed by atoms with Gasteiger partial charge in [-0.3, -0.25) is 24.0 Å². The molecule has 3 rings (SSSR count). The zero-order chi connectivity index (χ0) is 31.7. The van der Waals surface area contributed by atoms with E-state index in [1.54, 1.807) is 31.2 Å². The minimum Gasteiger partial charge on any atom is -0.497 e. The molecule has 0 aliphatic rings. The number of aryl methyl sites for hydroxylation is 1. The molecule has 13 heteroatoms. The van der Waals surface area contributed by atoms with Crippen LogP contribution < -0.4 is 14.4 Å². The molecule has 1 unspecified atom stereocenters. The SMILES string of the molecule is CCCCNC(=O)C(C)N(Cc1ccccc1Cl)C(=O)CN(c1ccc(OC)cc1)S(=O)(=O)c1ccc(C)c([N+](=O)[O-])c1. The first-order chi connectivity index (χ1) is 20.4. The molecule has 1 atom stereocenters. The van der Waals surface area contributed by atoms with Crippen molar-refractivity contribution in [3.63, 3.8) is 0 Å². The number of anilines is 1. The number of unbranched alkanes of at least 4 members (excludes halogenated alkanes) is 1. The summed E-state index contributed by atoms with van der Waals surface area (Å²) in [7, 11) is -3.05. The lowest BCUT2D eigenvalue weighted by Crippen LogP contribution is -2.51. The minimum absolute atomic E-state index is 0.0621. The monoisotopic (exact) mass is 630 g/mol. The molecule has 230 valence electrons. The molecule has 3 aromatic carbocycles. The predicted molar refractivity (Wildman–Crippen MR) is 165 cm³/mol. The van der Waals surface area contributed by atoms with E-state index >= 15 is 0 Å². The van der Waals surface area contributed by atoms with Crippen LogP contribution in [0, 0.1) is 17.0 Å². The molecule has 0 bridgehead atoms. The van der Waals surface area contributed by atoms with Crippen LogP contribution in [0.25, 0.3) is 0 Å². The lowest BCUT2D eigenvalue weighted by atomic mass is 10.1. The van der Waals surface area contributed by atoms with Crippen molar-refractivity contribution in [1.82, 2.24) is 10.2 Å². The van der Waals surface area contributed by atoms with E-state index < -0.39 is 39.3 Å². The van der Waals surface area contributed by atoms with E-state index in [-0.39, 0.29) is 28.4 Å². The topological polar surface area (TPSA) is 139 Å². The lowest BCUT2D eigenvalue weighted by molar-refractivity contribution is -0.385. The fraction of sp³-hybridized carbons (Fsp3) is 0.333. The van der Waals surface area contributed by atoms with Gasteiger partial charge >= 0.3 is 0 Å². The van der Waals surface area contributed by atoms with Gasteiger partial charge in [-0.15, -0.1) is 0 Å². The predicted octanol–water partition coefficient (Wildman–Crippen LogP) is 5.09. The standard InChI is InChI=1S/C30H35ClN4O7S/c1-5-6-17-32-30(37)22(3)33(19-23-9-7-8-10-27(23)31)29(36)20-34(24-12-14-25(42-4)15-13-24)43(40,41)26-16-11-21(2)28(18-26)35(38)39/h7-16,18,22H,5-6,17,19-20H2,1-4H3,(H,32,37). The van der Waals surface area contributed by atoms with E-state index in [1.165, 1.54) is 55.3 Å². The van der Waals surface area contributed by atoms with Crippen LogP contribution in [0.5, 0.6) is 5.75 Å². The van der Waals surface area contributed by atoms with Crippen LogP contribution in [-0.2, 0) is 26.2 Å². The second kappa shape index (κ2) is 14.8. The number of hydrogen-bond donors (Lipinski definition) is 1. The van der Waals surface area contributed by atoms with Gasteiger partial charge in [0.05, 0.1) is 22.6 Å². The summed E-state index contributed by atoms with van der Waals surface area (Å²) < 4.78 is 34.1. The molecule has 43 heavy (non-hydrogen) atoms. The van der Waals surface area contributed by atoms with E-state index in [1.807, 2.05) is 6.92 Å². The number of benzene rings is 3. The third-order valence-electron chi connectivity index (χ3n) is 6.90. The quantitative estimate of drug-likeness (QED) is 0.149. The maximum atomic E-state index is 14.0. The van der Waals surface area contributed by atoms with Gasteiger partial charge < -0.3 is 15.0 Å². The molecule has 0 aliphatic heterocycles. The zero-order valence-corrected chi connectivity index (χ0v) is 26.0. The van der Waals surface area contributed by atoms with Crippen LogP contribution in [0.2, 0.25) is 5.02 Å². The molecule has 0 heterocycles. The largest absolute Gasteiger partial charge is 0.497 e. The molecule has 0 radical (unpaired) electrons. The van der Waals surface area contributed by atoms with Gasteiger partial charge in [-0.2, -0.15) is 0 Å². The maximum Gasteiger partial charge on any atom is 0.273 e. The molecule has 3 aromatic rings. The number of nitro benzene ring substituents is 1. The number of amides is 2. The third-order valence-corrected chi connectivity index (χ3v) is 9.04. The first-order valence-corrected chi connectivity index (χ1v) is 15.4. The van der Waals surface area contributed by atoms with Crippen LogP contribution in [0.15, 0.2) is 71.6 Å². The second-order valence-electron chi connectivity index (χ2n) is 9.85. The normalized spacial score (nSPS) is 11.8. The van der Waals surface area contributed by atoms with Gasteiger partial charge in [-0.1, -0.05) is 49.2 Å². The first kappa shape index (κ1) is 33.3. The summed E-state index contributed by atoms with van der Waals surface area (Å²) in [6.45, 7) is 4.71. The number of methoxy groups -OCH3 is 1. The van der Waals surface area contributed by atoms with Gasteiger partial charge in [0, 0.05) is 29.7 Å². The van der Waals surface area contributed by atoms with Crippen molar-refractivity contribution in [1.29, 1.82) is 0 Å². The Kier molecular flexibility index (Phi) is 11.5. The number of carbonyl (C=O) groups is 2. The van der Waals surface area contributed by atoms with Crippen LogP contribution in [0.3, 0.4) is 0 Å². The average Bonchev–Trinajstić information content (AvgIpc) is 2.99. The van der Waals surface area contributed by atoms with E-state index in [0.717, 1.165) is 23.2 Å². The highest BCUT2D eigenvalue weighted by molar-refractivity contribution is 7.92. The van der Waals surface area contributed by atoms with Crippen LogP contribution in [0.4, 0.5) is 11.4 Å². The molecule has 1 N–H and O–H groups in total. The number of nitrogens with one attached hydrogen (secondary N) is 1. The number of hydrogen-bond acceptors (Lipinski definition) is 7. The molecule has 2 amide bonds. The van der Waals surface area contributed by atoms with Crippen molar-refractivity contribution in [3.05, 3.63) is 93.0 Å². The van der Waals surface area contributed by atoms with Gasteiger partial charge in [0.2, 0.25) is 11.8 Å². The van der Waals surface area contributed by atoms with E-state index in [2.05, 4.69) is 5.32 Å². The highest BCUT2D eigenvalue weighted by Crippen LogP contribution is 2.30. The highest BCUT2D eigenvalue weighted by Gasteiger charge is 2.33. The Bertz CT molecular complexity index is 1560. The molecule has 0 spiro atoms. The molecule has 0 aliphatic carbocycles. The van der Waals surface area contributed by atoms with Crippen LogP contribution in [-0.4, -0.2) is 56.3 Å². The number of sulfonamides is 1. The molecule has 11 nitrogen and oxygen atoms in total.